The van der Waals surface area contributed by atoms with Crippen LogP contribution in [0.25, 0.3) is 0 Å². The number of sulfone groups is 1. The number of rotatable bonds is 3. The van der Waals surface area contributed by atoms with E-state index in [4.69, 9.17) is 5.11 Å². The van der Waals surface area contributed by atoms with Gasteiger partial charge in [-0.05, 0) is 12.1 Å². The largest absolute Gasteiger partial charge is 0.372 e. The molecule has 0 heterocycles. The summed E-state index contributed by atoms with van der Waals surface area (Å²) < 4.78 is 46.4. The van der Waals surface area contributed by atoms with Crippen LogP contribution in [0.15, 0.2) is 35.2 Å². The summed E-state index contributed by atoms with van der Waals surface area (Å²) in [6.45, 7) is 0. The van der Waals surface area contributed by atoms with Gasteiger partial charge in [0, 0.05) is 0 Å². The molecule has 0 bridgehead atoms. The number of benzene rings is 1. The number of aliphatic hydroxyl groups excluding tert-OH is 1. The third-order valence-corrected chi connectivity index (χ3v) is 3.38. The second-order valence-electron chi connectivity index (χ2n) is 2.58. The molecule has 0 radical (unpaired) electrons. The molecule has 1 aromatic carbocycles. The Morgan fingerprint density at radius 3 is 2.07 bits per heavy atom. The first-order valence-electron chi connectivity index (χ1n) is 3.71. The van der Waals surface area contributed by atoms with Crippen molar-refractivity contribution in [1.82, 2.24) is 0 Å². The van der Waals surface area contributed by atoms with Gasteiger partial charge in [-0.25, -0.2) is 17.2 Å². The second kappa shape index (κ2) is 4.02. The van der Waals surface area contributed by atoms with Crippen molar-refractivity contribution in [3.05, 3.63) is 30.3 Å². The maximum absolute atomic E-state index is 12.0. The lowest BCUT2D eigenvalue weighted by Crippen LogP contribution is -2.28. The van der Waals surface area contributed by atoms with Gasteiger partial charge in [0.25, 0.3) is 6.43 Å². The molecule has 3 nitrogen and oxygen atoms in total. The van der Waals surface area contributed by atoms with E-state index in [0.717, 1.165) is 12.1 Å². The fourth-order valence-corrected chi connectivity index (χ4v) is 1.97. The Bertz CT molecular complexity index is 388. The summed E-state index contributed by atoms with van der Waals surface area (Å²) in [5.41, 5.74) is -2.66. The molecule has 1 rings (SSSR count). The Labute approximate surface area is 79.9 Å². The molecule has 0 aliphatic rings. The summed E-state index contributed by atoms with van der Waals surface area (Å²) >= 11 is 0. The highest BCUT2D eigenvalue weighted by Crippen LogP contribution is 2.18. The summed E-state index contributed by atoms with van der Waals surface area (Å²) in [4.78, 5) is -0.312. The van der Waals surface area contributed by atoms with Gasteiger partial charge in [0.1, 0.15) is 0 Å². The highest BCUT2D eigenvalue weighted by Gasteiger charge is 2.32. The molecule has 1 N–H and O–H groups in total. The molecular weight excluding hydrogens is 214 g/mol. The lowest BCUT2D eigenvalue weighted by atomic mass is 10.4. The van der Waals surface area contributed by atoms with Gasteiger partial charge in [-0.3, -0.25) is 0 Å². The van der Waals surface area contributed by atoms with Crippen LogP contribution >= 0.6 is 0 Å². The van der Waals surface area contributed by atoms with Crippen LogP contribution in [-0.2, 0) is 9.84 Å². The Kier molecular flexibility index (Phi) is 3.17. The Morgan fingerprint density at radius 2 is 1.64 bits per heavy atom. The van der Waals surface area contributed by atoms with E-state index in [1.165, 1.54) is 12.1 Å². The van der Waals surface area contributed by atoms with Crippen molar-refractivity contribution in [2.75, 3.05) is 0 Å². The lowest BCUT2D eigenvalue weighted by molar-refractivity contribution is 0.0425. The van der Waals surface area contributed by atoms with Crippen molar-refractivity contribution in [1.29, 1.82) is 0 Å². The Morgan fingerprint density at radius 1 is 1.14 bits per heavy atom. The fourth-order valence-electron chi connectivity index (χ4n) is 0.885. The van der Waals surface area contributed by atoms with Crippen LogP contribution in [0, 0.1) is 0 Å². The predicted molar refractivity (Wildman–Crippen MR) is 45.6 cm³/mol. The summed E-state index contributed by atoms with van der Waals surface area (Å²) in [7, 11) is -4.33. The minimum atomic E-state index is -4.33. The lowest BCUT2D eigenvalue weighted by Gasteiger charge is -2.10. The highest BCUT2D eigenvalue weighted by atomic mass is 32.2. The standard InChI is InChI=1S/C8H8F2O3S/c9-7(10)8(11)14(12,13)6-4-2-1-3-5-6/h1-5,7-8,11H. The van der Waals surface area contributed by atoms with Gasteiger partial charge in [-0.15, -0.1) is 0 Å². The molecule has 78 valence electrons. The molecule has 0 aliphatic heterocycles. The first-order valence-corrected chi connectivity index (χ1v) is 5.26. The minimum absolute atomic E-state index is 0.312. The van der Waals surface area contributed by atoms with Crippen LogP contribution in [0.3, 0.4) is 0 Å². The van der Waals surface area contributed by atoms with Crippen molar-refractivity contribution in [3.8, 4) is 0 Å². The molecule has 1 atom stereocenters. The van der Waals surface area contributed by atoms with E-state index < -0.39 is 21.7 Å². The van der Waals surface area contributed by atoms with Crippen LogP contribution in [0.5, 0.6) is 0 Å². The summed E-state index contributed by atoms with van der Waals surface area (Å²) in [5.74, 6) is 0. The van der Waals surface area contributed by atoms with Gasteiger partial charge < -0.3 is 5.11 Å². The smallest absolute Gasteiger partial charge is 0.278 e. The first kappa shape index (κ1) is 11.1. The quantitative estimate of drug-likeness (QED) is 0.831. The Balaban J connectivity index is 3.10. The molecule has 0 aliphatic carbocycles. The number of hydrogen-bond acceptors (Lipinski definition) is 3. The average molecular weight is 222 g/mol. The zero-order valence-corrected chi connectivity index (χ0v) is 7.79. The zero-order chi connectivity index (χ0) is 10.8. The molecule has 0 saturated heterocycles. The molecule has 1 aromatic rings. The third kappa shape index (κ3) is 2.08. The van der Waals surface area contributed by atoms with E-state index in [0.29, 0.717) is 0 Å². The van der Waals surface area contributed by atoms with Crippen molar-refractivity contribution in [2.45, 2.75) is 16.8 Å². The fraction of sp³-hybridized carbons (Fsp3) is 0.250. The first-order chi connectivity index (χ1) is 6.46. The van der Waals surface area contributed by atoms with Crippen LogP contribution in [-0.4, -0.2) is 25.4 Å². The zero-order valence-electron chi connectivity index (χ0n) is 6.97. The molecule has 1 unspecified atom stereocenters. The van der Waals surface area contributed by atoms with Crippen LogP contribution in [0.4, 0.5) is 8.78 Å². The topological polar surface area (TPSA) is 54.4 Å². The third-order valence-electron chi connectivity index (χ3n) is 1.61. The number of hydrogen-bond donors (Lipinski definition) is 1. The van der Waals surface area contributed by atoms with Gasteiger partial charge in [0.05, 0.1) is 4.90 Å². The average Bonchev–Trinajstić information content (AvgIpc) is 2.18. The molecule has 0 fully saturated rings. The monoisotopic (exact) mass is 222 g/mol. The molecular formula is C8H8F2O3S. The summed E-state index contributed by atoms with van der Waals surface area (Å²) in [5, 5.41) is 8.77. The van der Waals surface area contributed by atoms with E-state index in [2.05, 4.69) is 0 Å². The van der Waals surface area contributed by atoms with E-state index in [9.17, 15) is 17.2 Å². The molecule has 0 saturated carbocycles. The molecule has 6 heteroatoms. The maximum atomic E-state index is 12.0. The second-order valence-corrected chi connectivity index (χ2v) is 4.63. The molecule has 0 amide bonds. The van der Waals surface area contributed by atoms with Gasteiger partial charge in [0.15, 0.2) is 0 Å². The minimum Gasteiger partial charge on any atom is -0.372 e. The normalized spacial score (nSPS) is 14.3. The molecule has 0 spiro atoms. The molecule has 0 aromatic heterocycles. The number of aliphatic hydroxyl groups is 1. The predicted octanol–water partition coefficient (Wildman–Crippen LogP) is 1.04. The number of alkyl halides is 2. The van der Waals surface area contributed by atoms with Gasteiger partial charge >= 0.3 is 0 Å². The Hall–Kier alpha value is -1.01. The summed E-state index contributed by atoms with van der Waals surface area (Å²) in [6.07, 6.45) is -3.31. The van der Waals surface area contributed by atoms with E-state index in [1.54, 1.807) is 6.07 Å². The van der Waals surface area contributed by atoms with Crippen molar-refractivity contribution >= 4 is 9.84 Å². The van der Waals surface area contributed by atoms with Crippen molar-refractivity contribution < 1.29 is 22.3 Å². The van der Waals surface area contributed by atoms with Crippen LogP contribution in [0.2, 0.25) is 0 Å². The molecule has 14 heavy (non-hydrogen) atoms. The highest BCUT2D eigenvalue weighted by molar-refractivity contribution is 7.92. The van der Waals surface area contributed by atoms with Crippen molar-refractivity contribution in [2.24, 2.45) is 0 Å². The van der Waals surface area contributed by atoms with Crippen molar-refractivity contribution in [3.63, 3.8) is 0 Å². The van der Waals surface area contributed by atoms with Crippen LogP contribution in [0.1, 0.15) is 0 Å². The van der Waals surface area contributed by atoms with Gasteiger partial charge in [-0.2, -0.15) is 0 Å². The number of halogens is 2. The van der Waals surface area contributed by atoms with Gasteiger partial charge in [0.2, 0.25) is 15.3 Å². The SMILES string of the molecule is O=S(=O)(c1ccccc1)C(O)C(F)F. The maximum Gasteiger partial charge on any atom is 0.278 e. The van der Waals surface area contributed by atoms with Gasteiger partial charge in [-0.1, -0.05) is 18.2 Å². The van der Waals surface area contributed by atoms with E-state index in [-0.39, 0.29) is 4.90 Å². The van der Waals surface area contributed by atoms with Crippen LogP contribution < -0.4 is 0 Å². The van der Waals surface area contributed by atoms with E-state index in [1.807, 2.05) is 0 Å². The van der Waals surface area contributed by atoms with E-state index >= 15 is 0 Å². The summed E-state index contributed by atoms with van der Waals surface area (Å²) in [6, 6.07) is 6.64.